The first-order chi connectivity index (χ1) is 6.15. The average molecular weight is 223 g/mol. The number of ether oxygens (including phenoxy) is 1. The highest BCUT2D eigenvalue weighted by molar-refractivity contribution is 6.32. The summed E-state index contributed by atoms with van der Waals surface area (Å²) in [5.74, 6) is 0. The van der Waals surface area contributed by atoms with E-state index in [1.165, 1.54) is 0 Å². The van der Waals surface area contributed by atoms with E-state index in [9.17, 15) is 0 Å². The molecule has 5 heteroatoms. The van der Waals surface area contributed by atoms with E-state index in [4.69, 9.17) is 27.9 Å². The molecule has 1 unspecified atom stereocenters. The maximum Gasteiger partial charge on any atom is 0.126 e. The first-order valence-corrected chi connectivity index (χ1v) is 4.81. The Kier molecular flexibility index (Phi) is 3.90. The second-order valence-electron chi connectivity index (χ2n) is 2.61. The van der Waals surface area contributed by atoms with Crippen molar-refractivity contribution in [2.24, 2.45) is 0 Å². The van der Waals surface area contributed by atoms with Crippen LogP contribution in [0.2, 0.25) is 0 Å². The Morgan fingerprint density at radius 1 is 1.46 bits per heavy atom. The van der Waals surface area contributed by atoms with Gasteiger partial charge in [-0.25, -0.2) is 0 Å². The van der Waals surface area contributed by atoms with Crippen LogP contribution in [0.25, 0.3) is 0 Å². The number of hydrogen-bond acceptors (Lipinski definition) is 3. The molecule has 0 saturated carbocycles. The van der Waals surface area contributed by atoms with Crippen LogP contribution in [0.4, 0.5) is 0 Å². The Hall–Kier alpha value is -0.380. The molecule has 0 aromatic rings. The van der Waals surface area contributed by atoms with Crippen molar-refractivity contribution in [3.63, 3.8) is 0 Å². The monoisotopic (exact) mass is 222 g/mol. The van der Waals surface area contributed by atoms with Gasteiger partial charge in [-0.05, 0) is 19.9 Å². The molecule has 0 saturated heterocycles. The van der Waals surface area contributed by atoms with Gasteiger partial charge in [0.25, 0.3) is 0 Å². The third kappa shape index (κ3) is 2.79. The summed E-state index contributed by atoms with van der Waals surface area (Å²) in [6, 6.07) is 0. The smallest absolute Gasteiger partial charge is 0.126 e. The summed E-state index contributed by atoms with van der Waals surface area (Å²) in [4.78, 5) is 0. The molecule has 1 heterocycles. The van der Waals surface area contributed by atoms with E-state index in [0.717, 1.165) is 5.57 Å². The first-order valence-electron chi connectivity index (χ1n) is 4.05. The van der Waals surface area contributed by atoms with Crippen molar-refractivity contribution in [2.45, 2.75) is 20.0 Å². The van der Waals surface area contributed by atoms with Gasteiger partial charge in [0.1, 0.15) is 10.3 Å². The lowest BCUT2D eigenvalue weighted by atomic mass is 10.1. The van der Waals surface area contributed by atoms with Crippen molar-refractivity contribution >= 4 is 23.2 Å². The van der Waals surface area contributed by atoms with E-state index >= 15 is 0 Å². The molecule has 0 spiro atoms. The molecule has 1 aliphatic heterocycles. The van der Waals surface area contributed by atoms with Gasteiger partial charge in [-0.1, -0.05) is 23.2 Å². The summed E-state index contributed by atoms with van der Waals surface area (Å²) in [6.07, 6.45) is 1.70. The highest BCUT2D eigenvalue weighted by Crippen LogP contribution is 2.20. The maximum atomic E-state index is 5.90. The maximum absolute atomic E-state index is 5.90. The summed E-state index contributed by atoms with van der Waals surface area (Å²) < 4.78 is 5.39. The fraction of sp³-hybridized carbons (Fsp3) is 0.500. The first kappa shape index (κ1) is 10.7. The second-order valence-corrected chi connectivity index (χ2v) is 3.39. The molecule has 13 heavy (non-hydrogen) atoms. The lowest BCUT2D eigenvalue weighted by molar-refractivity contribution is 0.103. The summed E-state index contributed by atoms with van der Waals surface area (Å²) in [6.45, 7) is 4.51. The molecule has 0 radical (unpaired) electrons. The van der Waals surface area contributed by atoms with E-state index in [1.807, 2.05) is 13.8 Å². The fourth-order valence-corrected chi connectivity index (χ4v) is 1.48. The van der Waals surface area contributed by atoms with Crippen LogP contribution < -0.4 is 10.9 Å². The van der Waals surface area contributed by atoms with Gasteiger partial charge >= 0.3 is 0 Å². The lowest BCUT2D eigenvalue weighted by Crippen LogP contribution is -2.32. The summed E-state index contributed by atoms with van der Waals surface area (Å²) >= 11 is 11.7. The van der Waals surface area contributed by atoms with Gasteiger partial charge in [-0.2, -0.15) is 0 Å². The minimum atomic E-state index is -0.0548. The summed E-state index contributed by atoms with van der Waals surface area (Å²) in [7, 11) is 0. The fourth-order valence-electron chi connectivity index (χ4n) is 1.06. The van der Waals surface area contributed by atoms with Gasteiger partial charge in [0.15, 0.2) is 0 Å². The van der Waals surface area contributed by atoms with E-state index < -0.39 is 0 Å². The zero-order valence-electron chi connectivity index (χ0n) is 7.53. The normalized spacial score (nSPS) is 18.9. The highest BCUT2D eigenvalue weighted by Gasteiger charge is 2.15. The Morgan fingerprint density at radius 2 is 2.15 bits per heavy atom. The predicted octanol–water partition coefficient (Wildman–Crippen LogP) is 2.05. The summed E-state index contributed by atoms with van der Waals surface area (Å²) in [5.41, 5.74) is 6.28. The average Bonchev–Trinajstić information content (AvgIpc) is 2.09. The van der Waals surface area contributed by atoms with Gasteiger partial charge in [0.2, 0.25) is 0 Å². The van der Waals surface area contributed by atoms with Gasteiger partial charge in [0, 0.05) is 12.2 Å². The highest BCUT2D eigenvalue weighted by atomic mass is 35.5. The molecule has 3 nitrogen and oxygen atoms in total. The van der Waals surface area contributed by atoms with Gasteiger partial charge in [-0.3, -0.25) is 10.9 Å². The topological polar surface area (TPSA) is 33.3 Å². The molecular weight excluding hydrogens is 211 g/mol. The third-order valence-corrected chi connectivity index (χ3v) is 2.20. The van der Waals surface area contributed by atoms with Crippen LogP contribution in [0.3, 0.4) is 0 Å². The standard InChI is InChI=1S/C8H12Cl2N2O/c1-3-13-5(2)6-4-7(9)11-12-8(6)10/h4-5,11-12H,3H2,1-2H3. The van der Waals surface area contributed by atoms with Crippen LogP contribution in [0.5, 0.6) is 0 Å². The molecule has 0 amide bonds. The van der Waals surface area contributed by atoms with E-state index in [1.54, 1.807) is 6.08 Å². The van der Waals surface area contributed by atoms with Crippen LogP contribution in [0.15, 0.2) is 22.0 Å². The molecule has 1 aliphatic rings. The molecule has 0 fully saturated rings. The van der Waals surface area contributed by atoms with Crippen LogP contribution in [0, 0.1) is 0 Å². The Bertz CT molecular complexity index is 251. The van der Waals surface area contributed by atoms with Crippen molar-refractivity contribution in [1.82, 2.24) is 10.9 Å². The summed E-state index contributed by atoms with van der Waals surface area (Å²) in [5, 5.41) is 1.02. The number of rotatable bonds is 3. The van der Waals surface area contributed by atoms with Crippen molar-refractivity contribution in [3.8, 4) is 0 Å². The number of hydrazine groups is 1. The zero-order valence-corrected chi connectivity index (χ0v) is 9.04. The van der Waals surface area contributed by atoms with E-state index in [0.29, 0.717) is 16.9 Å². The van der Waals surface area contributed by atoms with Gasteiger partial charge in [-0.15, -0.1) is 0 Å². The molecule has 0 aliphatic carbocycles. The number of hydrogen-bond donors (Lipinski definition) is 2. The molecule has 1 rings (SSSR count). The van der Waals surface area contributed by atoms with Crippen LogP contribution in [-0.2, 0) is 4.74 Å². The molecule has 74 valence electrons. The Morgan fingerprint density at radius 3 is 2.77 bits per heavy atom. The third-order valence-electron chi connectivity index (χ3n) is 1.68. The van der Waals surface area contributed by atoms with E-state index in [2.05, 4.69) is 10.9 Å². The Balaban J connectivity index is 2.76. The zero-order chi connectivity index (χ0) is 9.84. The van der Waals surface area contributed by atoms with Gasteiger partial charge < -0.3 is 4.74 Å². The number of nitrogens with one attached hydrogen (secondary N) is 2. The molecule has 2 N–H and O–H groups in total. The van der Waals surface area contributed by atoms with E-state index in [-0.39, 0.29) is 6.10 Å². The van der Waals surface area contributed by atoms with Crippen LogP contribution in [0.1, 0.15) is 13.8 Å². The molecule has 0 aromatic carbocycles. The van der Waals surface area contributed by atoms with Crippen molar-refractivity contribution in [3.05, 3.63) is 22.0 Å². The molecule has 0 bridgehead atoms. The molecular formula is C8H12Cl2N2O. The minimum absolute atomic E-state index is 0.0548. The largest absolute Gasteiger partial charge is 0.374 e. The van der Waals surface area contributed by atoms with Crippen LogP contribution >= 0.6 is 23.2 Å². The van der Waals surface area contributed by atoms with Crippen molar-refractivity contribution in [2.75, 3.05) is 6.61 Å². The second kappa shape index (κ2) is 4.74. The van der Waals surface area contributed by atoms with Crippen molar-refractivity contribution < 1.29 is 4.74 Å². The quantitative estimate of drug-likeness (QED) is 0.718. The lowest BCUT2D eigenvalue weighted by Gasteiger charge is -2.21. The number of halogens is 2. The van der Waals surface area contributed by atoms with Gasteiger partial charge in [0.05, 0.1) is 6.10 Å². The minimum Gasteiger partial charge on any atom is -0.374 e. The van der Waals surface area contributed by atoms with Crippen LogP contribution in [-0.4, -0.2) is 12.7 Å². The SMILES string of the molecule is CCOC(C)C1=C(Cl)NNC(Cl)=C1. The predicted molar refractivity (Wildman–Crippen MR) is 54.2 cm³/mol. The molecule has 1 atom stereocenters. The molecule has 0 aromatic heterocycles. The van der Waals surface area contributed by atoms with Crippen molar-refractivity contribution in [1.29, 1.82) is 0 Å². The Labute approximate surface area is 87.7 Å².